The molecular weight excluding hydrogens is 530 g/mol. The molecule has 2 aliphatic rings. The van der Waals surface area contributed by atoms with E-state index >= 15 is 0 Å². The Labute approximate surface area is 221 Å². The minimum absolute atomic E-state index is 0.112. The molecule has 0 saturated heterocycles. The molecular formula is C27H21NO6S3. The van der Waals surface area contributed by atoms with E-state index in [1.807, 2.05) is 61.5 Å². The lowest BCUT2D eigenvalue weighted by molar-refractivity contribution is -0.696. The molecule has 0 fully saturated rings. The van der Waals surface area contributed by atoms with Gasteiger partial charge in [-0.25, -0.2) is 8.42 Å². The SMILES string of the molecule is COC1=CC(/C=C2\C=C(C)Sc3ccccc32)=S(O[N+](=O)c2ccccc2S(=O)(=O)[O-])c2ccccc21. The Hall–Kier alpha value is -3.44. The lowest BCUT2D eigenvalue weighted by atomic mass is 10.0. The number of para-hydroxylation sites is 1. The molecule has 0 aromatic heterocycles. The highest BCUT2D eigenvalue weighted by atomic mass is 32.2. The maximum atomic E-state index is 13.2. The highest BCUT2D eigenvalue weighted by Crippen LogP contribution is 2.44. The van der Waals surface area contributed by atoms with Crippen LogP contribution in [0.3, 0.4) is 0 Å². The lowest BCUT2D eigenvalue weighted by Crippen LogP contribution is -2.11. The summed E-state index contributed by atoms with van der Waals surface area (Å²) in [5.74, 6) is 0.606. The maximum Gasteiger partial charge on any atom is 0.335 e. The van der Waals surface area contributed by atoms with Crippen LogP contribution in [0.5, 0.6) is 0 Å². The number of ether oxygens (including phenoxy) is 1. The van der Waals surface area contributed by atoms with Crippen LogP contribution in [0.25, 0.3) is 11.3 Å². The summed E-state index contributed by atoms with van der Waals surface area (Å²) < 4.78 is 46.9. The van der Waals surface area contributed by atoms with Gasteiger partial charge in [0.2, 0.25) is 0 Å². The molecule has 0 amide bonds. The van der Waals surface area contributed by atoms with Gasteiger partial charge in [-0.05, 0) is 59.4 Å². The molecule has 3 aromatic carbocycles. The molecule has 188 valence electrons. The van der Waals surface area contributed by atoms with Crippen molar-refractivity contribution in [2.24, 2.45) is 0 Å². The van der Waals surface area contributed by atoms with Crippen LogP contribution in [0, 0.1) is 4.91 Å². The summed E-state index contributed by atoms with van der Waals surface area (Å²) in [5, 5.41) is 0. The Balaban J connectivity index is 1.70. The summed E-state index contributed by atoms with van der Waals surface area (Å²) in [6, 6.07) is 20.6. The first-order valence-corrected chi connectivity index (χ1v) is 14.5. The first kappa shape index (κ1) is 25.2. The molecule has 7 nitrogen and oxygen atoms in total. The topological polar surface area (TPSA) is 95.7 Å². The second-order valence-corrected chi connectivity index (χ2v) is 12.3. The van der Waals surface area contributed by atoms with Crippen molar-refractivity contribution in [1.82, 2.24) is 0 Å². The van der Waals surface area contributed by atoms with Crippen LogP contribution in [-0.4, -0.2) is 29.9 Å². The third-order valence-corrected chi connectivity index (χ3v) is 9.26. The summed E-state index contributed by atoms with van der Waals surface area (Å²) in [6.45, 7) is 2.03. The third-order valence-electron chi connectivity index (χ3n) is 5.66. The minimum Gasteiger partial charge on any atom is -0.744 e. The molecule has 0 N–H and O–H groups in total. The summed E-state index contributed by atoms with van der Waals surface area (Å²) in [7, 11) is -4.60. The van der Waals surface area contributed by atoms with E-state index in [0.717, 1.165) is 32.6 Å². The molecule has 1 atom stereocenters. The third kappa shape index (κ3) is 5.05. The normalized spacial score (nSPS) is 17.9. The van der Waals surface area contributed by atoms with Crippen LogP contribution in [-0.2, 0) is 19.1 Å². The van der Waals surface area contributed by atoms with Crippen molar-refractivity contribution in [2.75, 3.05) is 7.11 Å². The summed E-state index contributed by atoms with van der Waals surface area (Å²) in [5.41, 5.74) is 2.35. The summed E-state index contributed by atoms with van der Waals surface area (Å²) >= 11 is 1.68. The first-order valence-electron chi connectivity index (χ1n) is 11.1. The number of hydrogen-bond acceptors (Lipinski definition) is 7. The standard InChI is InChI=1S/C27H21NO6S3/c1-18-15-19(21-9-3-6-12-25(21)35-18)16-20-17-24(33-2)22-10-4-7-13-26(22)36(20)34-28(29)23-11-5-8-14-27(23)37(30,31)32/h3-17H,1-2H3/b19-16+. The minimum atomic E-state index is -4.90. The van der Waals surface area contributed by atoms with Crippen molar-refractivity contribution in [3.8, 4) is 0 Å². The molecule has 0 saturated carbocycles. The van der Waals surface area contributed by atoms with E-state index in [1.54, 1.807) is 18.9 Å². The van der Waals surface area contributed by atoms with Crippen molar-refractivity contribution in [3.05, 3.63) is 112 Å². The number of allylic oxidation sites excluding steroid dienone is 5. The van der Waals surface area contributed by atoms with Crippen molar-refractivity contribution in [1.29, 1.82) is 0 Å². The predicted octanol–water partition coefficient (Wildman–Crippen LogP) is 6.44. The second kappa shape index (κ2) is 10.1. The van der Waals surface area contributed by atoms with Crippen LogP contribution in [0.15, 0.2) is 111 Å². The van der Waals surface area contributed by atoms with Crippen LogP contribution >= 0.6 is 22.5 Å². The molecule has 10 heteroatoms. The summed E-state index contributed by atoms with van der Waals surface area (Å²) in [4.78, 5) is 16.3. The monoisotopic (exact) mass is 551 g/mol. The molecule has 5 rings (SSSR count). The van der Waals surface area contributed by atoms with Crippen LogP contribution in [0.1, 0.15) is 18.1 Å². The fourth-order valence-electron chi connectivity index (χ4n) is 4.06. The number of fused-ring (bicyclic) bond motifs is 2. The smallest absolute Gasteiger partial charge is 0.335 e. The van der Waals surface area contributed by atoms with Gasteiger partial charge in [0, 0.05) is 16.5 Å². The van der Waals surface area contributed by atoms with Crippen LogP contribution < -0.4 is 0 Å². The van der Waals surface area contributed by atoms with E-state index in [1.165, 1.54) is 18.2 Å². The van der Waals surface area contributed by atoms with Crippen molar-refractivity contribution < 1.29 is 26.9 Å². The number of hydrogen-bond donors (Lipinski definition) is 0. The zero-order valence-corrected chi connectivity index (χ0v) is 22.2. The summed E-state index contributed by atoms with van der Waals surface area (Å²) in [6.07, 6.45) is 5.83. The Kier molecular flexibility index (Phi) is 6.91. The van der Waals surface area contributed by atoms with Gasteiger partial charge in [-0.1, -0.05) is 60.3 Å². The van der Waals surface area contributed by atoms with Crippen LogP contribution in [0.4, 0.5) is 5.69 Å². The van der Waals surface area contributed by atoms with Gasteiger partial charge in [-0.3, -0.25) is 0 Å². The molecule has 2 heterocycles. The number of benzene rings is 3. The molecule has 2 aliphatic heterocycles. The van der Waals surface area contributed by atoms with Gasteiger partial charge in [0.1, 0.15) is 31.5 Å². The highest BCUT2D eigenvalue weighted by Gasteiger charge is 2.31. The number of rotatable bonds is 6. The maximum absolute atomic E-state index is 13.2. The lowest BCUT2D eigenvalue weighted by Gasteiger charge is -2.21. The van der Waals surface area contributed by atoms with Gasteiger partial charge in [-0.2, -0.15) is 4.28 Å². The van der Waals surface area contributed by atoms with Gasteiger partial charge in [0.25, 0.3) is 4.92 Å². The van der Waals surface area contributed by atoms with Crippen LogP contribution in [0.2, 0.25) is 0 Å². The van der Waals surface area contributed by atoms with E-state index in [4.69, 9.17) is 9.02 Å². The first-order chi connectivity index (χ1) is 17.8. The van der Waals surface area contributed by atoms with E-state index < -0.39 is 25.8 Å². The number of thioether (sulfide) groups is 1. The Morgan fingerprint density at radius 1 is 0.946 bits per heavy atom. The van der Waals surface area contributed by atoms with E-state index in [-0.39, 0.29) is 10.6 Å². The van der Waals surface area contributed by atoms with Gasteiger partial charge < -0.3 is 9.29 Å². The average molecular weight is 552 g/mol. The van der Waals surface area contributed by atoms with Gasteiger partial charge in [-0.15, -0.1) is 0 Å². The Morgan fingerprint density at radius 3 is 2.38 bits per heavy atom. The zero-order valence-electron chi connectivity index (χ0n) is 19.8. The molecule has 1 unspecified atom stereocenters. The van der Waals surface area contributed by atoms with Gasteiger partial charge in [0.05, 0.1) is 21.8 Å². The average Bonchev–Trinajstić information content (AvgIpc) is 2.89. The fraction of sp³-hybridized carbons (Fsp3) is 0.0741. The van der Waals surface area contributed by atoms with Gasteiger partial charge >= 0.3 is 5.69 Å². The quantitative estimate of drug-likeness (QED) is 0.150. The molecule has 0 spiro atoms. The fourth-order valence-corrected chi connectivity index (χ4v) is 7.33. The largest absolute Gasteiger partial charge is 0.744 e. The Bertz CT molecular complexity index is 1670. The van der Waals surface area contributed by atoms with Crippen molar-refractivity contribution >= 4 is 54.5 Å². The predicted molar refractivity (Wildman–Crippen MR) is 145 cm³/mol. The van der Waals surface area contributed by atoms with Crippen molar-refractivity contribution in [3.63, 3.8) is 0 Å². The highest BCUT2D eigenvalue weighted by molar-refractivity contribution is 8.12. The Morgan fingerprint density at radius 2 is 1.62 bits per heavy atom. The molecule has 0 aliphatic carbocycles. The molecule has 37 heavy (non-hydrogen) atoms. The number of methoxy groups -OCH3 is 1. The second-order valence-electron chi connectivity index (χ2n) is 8.09. The van der Waals surface area contributed by atoms with E-state index in [2.05, 4.69) is 12.1 Å². The van der Waals surface area contributed by atoms with Gasteiger partial charge in [0.15, 0.2) is 0 Å². The molecule has 3 aromatic rings. The van der Waals surface area contributed by atoms with Crippen molar-refractivity contribution in [2.45, 2.75) is 21.6 Å². The molecule has 0 bridgehead atoms. The zero-order chi connectivity index (χ0) is 26.2. The van der Waals surface area contributed by atoms with E-state index in [0.29, 0.717) is 15.5 Å². The van der Waals surface area contributed by atoms with E-state index in [9.17, 15) is 17.9 Å². The number of nitrogens with zero attached hydrogens (tertiary/aromatic N) is 1. The molecule has 0 radical (unpaired) electrons.